The van der Waals surface area contributed by atoms with Gasteiger partial charge in [-0.05, 0) is 45.6 Å². The van der Waals surface area contributed by atoms with E-state index < -0.39 is 0 Å². The first-order chi connectivity index (χ1) is 7.12. The van der Waals surface area contributed by atoms with Gasteiger partial charge < -0.3 is 10.1 Å². The smallest absolute Gasteiger partial charge is 0.0693 e. The molecule has 0 saturated heterocycles. The summed E-state index contributed by atoms with van der Waals surface area (Å²) < 4.78 is 5.66. The molecule has 1 rings (SSSR count). The van der Waals surface area contributed by atoms with E-state index in [-0.39, 0.29) is 5.60 Å². The van der Waals surface area contributed by atoms with Crippen LogP contribution in [0.4, 0.5) is 0 Å². The standard InChI is InChI=1S/C13H25NO/c1-5-14-12(9-11(2)3)10-13(15-4)7-6-8-13/h12,14H,2,5-10H2,1,3-4H3. The molecule has 0 heterocycles. The zero-order chi connectivity index (χ0) is 11.3. The molecule has 1 N–H and O–H groups in total. The molecule has 0 spiro atoms. The van der Waals surface area contributed by atoms with Crippen molar-refractivity contribution >= 4 is 0 Å². The summed E-state index contributed by atoms with van der Waals surface area (Å²) in [5, 5.41) is 3.53. The number of ether oxygens (including phenoxy) is 1. The normalized spacial score (nSPS) is 20.7. The van der Waals surface area contributed by atoms with Gasteiger partial charge in [0.05, 0.1) is 5.60 Å². The second-order valence-corrected chi connectivity index (χ2v) is 4.86. The highest BCUT2D eigenvalue weighted by molar-refractivity contribution is 4.98. The van der Waals surface area contributed by atoms with E-state index >= 15 is 0 Å². The van der Waals surface area contributed by atoms with Crippen molar-refractivity contribution < 1.29 is 4.74 Å². The van der Waals surface area contributed by atoms with Gasteiger partial charge in [0.2, 0.25) is 0 Å². The lowest BCUT2D eigenvalue weighted by molar-refractivity contribution is -0.0833. The van der Waals surface area contributed by atoms with Crippen LogP contribution >= 0.6 is 0 Å². The molecule has 88 valence electrons. The monoisotopic (exact) mass is 211 g/mol. The fourth-order valence-corrected chi connectivity index (χ4v) is 2.44. The summed E-state index contributed by atoms with van der Waals surface area (Å²) in [6, 6.07) is 0.535. The highest BCUT2D eigenvalue weighted by Gasteiger charge is 2.38. The Hall–Kier alpha value is -0.340. The highest BCUT2D eigenvalue weighted by Crippen LogP contribution is 2.39. The van der Waals surface area contributed by atoms with Crippen molar-refractivity contribution in [1.82, 2.24) is 5.32 Å². The molecule has 0 aromatic rings. The Labute approximate surface area is 94.1 Å². The molecule has 0 amide bonds. The fraction of sp³-hybridized carbons (Fsp3) is 0.846. The van der Waals surface area contributed by atoms with Crippen LogP contribution in [0.2, 0.25) is 0 Å². The van der Waals surface area contributed by atoms with Crippen LogP contribution in [-0.4, -0.2) is 25.3 Å². The molecule has 1 atom stereocenters. The minimum Gasteiger partial charge on any atom is -0.378 e. The lowest BCUT2D eigenvalue weighted by atomic mass is 9.75. The molecule has 1 aliphatic rings. The van der Waals surface area contributed by atoms with Crippen LogP contribution in [0.1, 0.15) is 46.0 Å². The topological polar surface area (TPSA) is 21.3 Å². The Morgan fingerprint density at radius 2 is 2.20 bits per heavy atom. The van der Waals surface area contributed by atoms with Crippen LogP contribution < -0.4 is 5.32 Å². The largest absolute Gasteiger partial charge is 0.378 e. The number of nitrogens with one attached hydrogen (secondary N) is 1. The number of hydrogen-bond donors (Lipinski definition) is 1. The summed E-state index contributed by atoms with van der Waals surface area (Å²) in [5.74, 6) is 0. The molecule has 0 bridgehead atoms. The van der Waals surface area contributed by atoms with E-state index in [0.29, 0.717) is 6.04 Å². The molecule has 0 aromatic carbocycles. The fourth-order valence-electron chi connectivity index (χ4n) is 2.44. The van der Waals surface area contributed by atoms with Gasteiger partial charge in [0, 0.05) is 13.2 Å². The van der Waals surface area contributed by atoms with Crippen molar-refractivity contribution in [3.05, 3.63) is 12.2 Å². The van der Waals surface area contributed by atoms with Crippen molar-refractivity contribution in [3.63, 3.8) is 0 Å². The Balaban J connectivity index is 2.45. The van der Waals surface area contributed by atoms with E-state index in [4.69, 9.17) is 4.74 Å². The second kappa shape index (κ2) is 5.66. The number of methoxy groups -OCH3 is 1. The maximum Gasteiger partial charge on any atom is 0.0693 e. The van der Waals surface area contributed by atoms with Crippen molar-refractivity contribution in [1.29, 1.82) is 0 Å². The zero-order valence-corrected chi connectivity index (χ0v) is 10.4. The average molecular weight is 211 g/mol. The van der Waals surface area contributed by atoms with Gasteiger partial charge in [0.15, 0.2) is 0 Å². The maximum absolute atomic E-state index is 5.66. The van der Waals surface area contributed by atoms with Crippen molar-refractivity contribution in [3.8, 4) is 0 Å². The van der Waals surface area contributed by atoms with Crippen LogP contribution in [0.3, 0.4) is 0 Å². The van der Waals surface area contributed by atoms with Gasteiger partial charge in [-0.1, -0.05) is 12.5 Å². The minimum atomic E-state index is 0.169. The summed E-state index contributed by atoms with van der Waals surface area (Å²) in [6.07, 6.45) is 5.96. The minimum absolute atomic E-state index is 0.169. The van der Waals surface area contributed by atoms with Crippen LogP contribution in [0.15, 0.2) is 12.2 Å². The van der Waals surface area contributed by atoms with Gasteiger partial charge in [0.1, 0.15) is 0 Å². The van der Waals surface area contributed by atoms with Gasteiger partial charge in [-0.2, -0.15) is 0 Å². The van der Waals surface area contributed by atoms with Crippen LogP contribution in [0, 0.1) is 0 Å². The molecule has 1 fully saturated rings. The van der Waals surface area contributed by atoms with Crippen LogP contribution in [-0.2, 0) is 4.74 Å². The van der Waals surface area contributed by atoms with Gasteiger partial charge in [-0.25, -0.2) is 0 Å². The molecule has 15 heavy (non-hydrogen) atoms. The van der Waals surface area contributed by atoms with Crippen LogP contribution in [0.5, 0.6) is 0 Å². The van der Waals surface area contributed by atoms with E-state index in [1.54, 1.807) is 0 Å². The first-order valence-corrected chi connectivity index (χ1v) is 6.05. The van der Waals surface area contributed by atoms with E-state index in [0.717, 1.165) is 19.4 Å². The van der Waals surface area contributed by atoms with Gasteiger partial charge >= 0.3 is 0 Å². The lowest BCUT2D eigenvalue weighted by Gasteiger charge is -2.43. The maximum atomic E-state index is 5.66. The van der Waals surface area contributed by atoms with E-state index in [9.17, 15) is 0 Å². The highest BCUT2D eigenvalue weighted by atomic mass is 16.5. The quantitative estimate of drug-likeness (QED) is 0.654. The summed E-state index contributed by atoms with van der Waals surface area (Å²) in [7, 11) is 1.85. The summed E-state index contributed by atoms with van der Waals surface area (Å²) in [4.78, 5) is 0. The molecule has 0 aromatic heterocycles. The molecular formula is C13H25NO. The SMILES string of the molecule is C=C(C)CC(CC1(OC)CCC1)NCC. The molecule has 2 nitrogen and oxygen atoms in total. The van der Waals surface area contributed by atoms with Crippen molar-refractivity contribution in [2.75, 3.05) is 13.7 Å². The second-order valence-electron chi connectivity index (χ2n) is 4.86. The van der Waals surface area contributed by atoms with Gasteiger partial charge in [-0.3, -0.25) is 0 Å². The lowest BCUT2D eigenvalue weighted by Crippen LogP contribution is -2.46. The molecule has 1 aliphatic carbocycles. The molecule has 0 aliphatic heterocycles. The third kappa shape index (κ3) is 3.62. The molecule has 2 heteroatoms. The third-order valence-electron chi connectivity index (χ3n) is 3.40. The van der Waals surface area contributed by atoms with Gasteiger partial charge in [-0.15, -0.1) is 6.58 Å². The molecule has 1 saturated carbocycles. The number of rotatable bonds is 7. The Bertz CT molecular complexity index is 203. The van der Waals surface area contributed by atoms with E-state index in [2.05, 4.69) is 25.7 Å². The molecular weight excluding hydrogens is 186 g/mol. The predicted molar refractivity (Wildman–Crippen MR) is 65.1 cm³/mol. The summed E-state index contributed by atoms with van der Waals surface area (Å²) in [6.45, 7) is 9.28. The predicted octanol–water partition coefficient (Wildman–Crippen LogP) is 2.89. The first-order valence-electron chi connectivity index (χ1n) is 6.05. The average Bonchev–Trinajstić information content (AvgIpc) is 2.10. The molecule has 1 unspecified atom stereocenters. The van der Waals surface area contributed by atoms with E-state index in [1.807, 2.05) is 7.11 Å². The van der Waals surface area contributed by atoms with Crippen LogP contribution in [0.25, 0.3) is 0 Å². The van der Waals surface area contributed by atoms with E-state index in [1.165, 1.54) is 24.8 Å². The molecule has 0 radical (unpaired) electrons. The van der Waals surface area contributed by atoms with Gasteiger partial charge in [0.25, 0.3) is 0 Å². The Morgan fingerprint density at radius 3 is 2.53 bits per heavy atom. The summed E-state index contributed by atoms with van der Waals surface area (Å²) >= 11 is 0. The van der Waals surface area contributed by atoms with Crippen molar-refractivity contribution in [2.45, 2.75) is 57.6 Å². The zero-order valence-electron chi connectivity index (χ0n) is 10.4. The summed E-state index contributed by atoms with van der Waals surface area (Å²) in [5.41, 5.74) is 1.42. The third-order valence-corrected chi connectivity index (χ3v) is 3.40. The first kappa shape index (κ1) is 12.7. The number of hydrogen-bond acceptors (Lipinski definition) is 2. The van der Waals surface area contributed by atoms with Crippen molar-refractivity contribution in [2.24, 2.45) is 0 Å². The Morgan fingerprint density at radius 1 is 1.53 bits per heavy atom. The Kier molecular flexibility index (Phi) is 4.81.